The van der Waals surface area contributed by atoms with E-state index in [4.69, 9.17) is 16.3 Å². The van der Waals surface area contributed by atoms with Crippen LogP contribution in [0.2, 0.25) is 5.02 Å². The molecular weight excluding hydrogens is 449 g/mol. The van der Waals surface area contributed by atoms with Crippen LogP contribution in [0.4, 0.5) is 13.2 Å². The first-order valence-corrected chi connectivity index (χ1v) is 11.1. The molecule has 2 aromatic rings. The Labute approximate surface area is 188 Å². The van der Waals surface area contributed by atoms with Crippen LogP contribution in [0.25, 0.3) is 5.52 Å². The van der Waals surface area contributed by atoms with E-state index in [1.807, 2.05) is 4.90 Å². The van der Waals surface area contributed by atoms with Crippen LogP contribution in [0.3, 0.4) is 0 Å². The summed E-state index contributed by atoms with van der Waals surface area (Å²) >= 11 is 6.30. The number of hydrogen-bond donors (Lipinski definition) is 0. The maximum atomic E-state index is 13.6. The van der Waals surface area contributed by atoms with Crippen LogP contribution in [-0.2, 0) is 11.0 Å². The highest BCUT2D eigenvalue weighted by atomic mass is 35.5. The number of ether oxygens (including phenoxy) is 1. The van der Waals surface area contributed by atoms with E-state index >= 15 is 0 Å². The molecule has 1 saturated heterocycles. The topological polar surface area (TPSA) is 67.2 Å². The number of nitrogens with zero attached hydrogens (tertiary/aromatic N) is 4. The van der Waals surface area contributed by atoms with Gasteiger partial charge in [-0.25, -0.2) is 4.52 Å². The van der Waals surface area contributed by atoms with Crippen LogP contribution in [0.1, 0.15) is 55.2 Å². The molecule has 0 radical (unpaired) electrons. The van der Waals surface area contributed by atoms with Gasteiger partial charge in [-0.2, -0.15) is 18.3 Å². The van der Waals surface area contributed by atoms with Gasteiger partial charge < -0.3 is 14.5 Å². The summed E-state index contributed by atoms with van der Waals surface area (Å²) in [4.78, 5) is 28.9. The van der Waals surface area contributed by atoms with E-state index in [0.29, 0.717) is 11.1 Å². The van der Waals surface area contributed by atoms with Crippen LogP contribution in [0.15, 0.2) is 12.1 Å². The third kappa shape index (κ3) is 4.24. The van der Waals surface area contributed by atoms with Gasteiger partial charge in [0.1, 0.15) is 18.0 Å². The Morgan fingerprint density at radius 1 is 1.22 bits per heavy atom. The molecule has 1 aliphatic heterocycles. The smallest absolute Gasteiger partial charge is 0.433 e. The van der Waals surface area contributed by atoms with E-state index < -0.39 is 17.8 Å². The van der Waals surface area contributed by atoms with Crippen molar-refractivity contribution >= 4 is 28.9 Å². The van der Waals surface area contributed by atoms with Crippen LogP contribution in [0.5, 0.6) is 5.75 Å². The number of amides is 2. The number of aromatic nitrogens is 2. The van der Waals surface area contributed by atoms with Gasteiger partial charge in [-0.05, 0) is 19.8 Å². The summed E-state index contributed by atoms with van der Waals surface area (Å²) in [6.45, 7) is 2.34. The molecule has 7 nitrogen and oxygen atoms in total. The number of carbonyl (C=O) groups excluding carboxylic acids is 2. The van der Waals surface area contributed by atoms with Crippen molar-refractivity contribution in [2.24, 2.45) is 0 Å². The van der Waals surface area contributed by atoms with Crippen molar-refractivity contribution < 1.29 is 27.5 Å². The lowest BCUT2D eigenvalue weighted by Crippen LogP contribution is -2.55. The summed E-state index contributed by atoms with van der Waals surface area (Å²) in [5.41, 5.74) is -1.50. The second-order valence-electron chi connectivity index (χ2n) is 8.07. The normalized spacial score (nSPS) is 18.5. The predicted molar refractivity (Wildman–Crippen MR) is 111 cm³/mol. The Morgan fingerprint density at radius 2 is 1.94 bits per heavy atom. The van der Waals surface area contributed by atoms with Crippen molar-refractivity contribution in [1.82, 2.24) is 19.4 Å². The number of pyridine rings is 1. The minimum absolute atomic E-state index is 0.0237. The first kappa shape index (κ1) is 22.7. The molecule has 174 valence electrons. The van der Waals surface area contributed by atoms with Gasteiger partial charge in [0.05, 0.1) is 17.1 Å². The van der Waals surface area contributed by atoms with E-state index in [0.717, 1.165) is 31.7 Å². The van der Waals surface area contributed by atoms with E-state index in [1.165, 1.54) is 17.4 Å². The highest BCUT2D eigenvalue weighted by Crippen LogP contribution is 2.36. The number of fused-ring (bicyclic) bond motifs is 1. The minimum Gasteiger partial charge on any atom is -0.494 e. The molecule has 3 heterocycles. The Hall–Kier alpha value is -2.49. The van der Waals surface area contributed by atoms with Gasteiger partial charge in [0.25, 0.3) is 5.91 Å². The Balaban J connectivity index is 1.61. The summed E-state index contributed by atoms with van der Waals surface area (Å²) in [7, 11) is 0. The van der Waals surface area contributed by atoms with Crippen molar-refractivity contribution in [3.63, 3.8) is 0 Å². The summed E-state index contributed by atoms with van der Waals surface area (Å²) in [5.74, 6) is -0.850. The summed E-state index contributed by atoms with van der Waals surface area (Å²) in [6.07, 6.45) is 0.516. The van der Waals surface area contributed by atoms with E-state index in [2.05, 4.69) is 5.10 Å². The van der Waals surface area contributed by atoms with Crippen molar-refractivity contribution in [3.05, 3.63) is 28.5 Å². The fraction of sp³-hybridized carbons (Fsp3) is 0.571. The summed E-state index contributed by atoms with van der Waals surface area (Å²) < 4.78 is 46.6. The van der Waals surface area contributed by atoms with Gasteiger partial charge in [-0.1, -0.05) is 30.9 Å². The van der Waals surface area contributed by atoms with Gasteiger partial charge in [-0.15, -0.1) is 0 Å². The van der Waals surface area contributed by atoms with Gasteiger partial charge in [-0.3, -0.25) is 9.59 Å². The van der Waals surface area contributed by atoms with E-state index in [-0.39, 0.29) is 53.6 Å². The fourth-order valence-corrected chi connectivity index (χ4v) is 4.72. The average Bonchev–Trinajstić information content (AvgIpc) is 3.09. The number of rotatable bonds is 4. The molecule has 0 bridgehead atoms. The molecule has 1 aliphatic carbocycles. The molecular formula is C21H24ClF3N4O3. The maximum absolute atomic E-state index is 13.6. The van der Waals surface area contributed by atoms with Crippen LogP contribution >= 0.6 is 11.6 Å². The van der Waals surface area contributed by atoms with Crippen molar-refractivity contribution in [2.45, 2.75) is 51.2 Å². The molecule has 2 amide bonds. The van der Waals surface area contributed by atoms with Crippen molar-refractivity contribution in [3.8, 4) is 5.75 Å². The van der Waals surface area contributed by atoms with E-state index in [1.54, 1.807) is 6.92 Å². The lowest BCUT2D eigenvalue weighted by molar-refractivity contribution is -0.142. The maximum Gasteiger partial charge on any atom is 0.433 e. The van der Waals surface area contributed by atoms with Crippen molar-refractivity contribution in [2.75, 3.05) is 26.2 Å². The van der Waals surface area contributed by atoms with Gasteiger partial charge in [0.2, 0.25) is 5.91 Å². The zero-order chi connectivity index (χ0) is 23.0. The van der Waals surface area contributed by atoms with Gasteiger partial charge >= 0.3 is 6.18 Å². The molecule has 0 unspecified atom stereocenters. The number of alkyl halides is 3. The Kier molecular flexibility index (Phi) is 6.24. The molecule has 2 fully saturated rings. The number of piperazine rings is 1. The summed E-state index contributed by atoms with van der Waals surface area (Å²) in [5, 5.41) is 3.68. The van der Waals surface area contributed by atoms with Gasteiger partial charge in [0.15, 0.2) is 5.69 Å². The quantitative estimate of drug-likeness (QED) is 0.674. The lowest BCUT2D eigenvalue weighted by Gasteiger charge is -2.40. The molecule has 11 heteroatoms. The molecule has 32 heavy (non-hydrogen) atoms. The molecule has 2 aromatic heterocycles. The fourth-order valence-electron chi connectivity index (χ4n) is 4.47. The number of carbonyl (C=O) groups is 2. The Bertz CT molecular complexity index is 1030. The van der Waals surface area contributed by atoms with E-state index in [9.17, 15) is 22.8 Å². The lowest BCUT2D eigenvalue weighted by atomic mass is 9.93. The molecule has 2 aliphatic rings. The molecule has 4 rings (SSSR count). The predicted octanol–water partition coefficient (Wildman–Crippen LogP) is 4.02. The molecule has 0 N–H and O–H groups in total. The molecule has 1 saturated carbocycles. The zero-order valence-corrected chi connectivity index (χ0v) is 18.4. The number of halogens is 4. The standard InChI is InChI=1S/C21H24ClF3N4O3/c1-2-32-14-10-15-18(22)19(26-29(15)16(11-14)21(23,24)25)20(31)27-8-9-28(17(30)12-27)13-6-4-3-5-7-13/h10-11,13H,2-9,12H2,1H3. The van der Waals surface area contributed by atoms with Gasteiger partial charge in [0, 0.05) is 31.3 Å². The minimum atomic E-state index is -4.73. The van der Waals surface area contributed by atoms with Crippen LogP contribution in [-0.4, -0.2) is 63.5 Å². The third-order valence-corrected chi connectivity index (χ3v) is 6.38. The van der Waals surface area contributed by atoms with Crippen LogP contribution in [0, 0.1) is 0 Å². The highest BCUT2D eigenvalue weighted by Gasteiger charge is 2.38. The summed E-state index contributed by atoms with van der Waals surface area (Å²) in [6, 6.07) is 2.33. The van der Waals surface area contributed by atoms with Crippen LogP contribution < -0.4 is 4.74 Å². The molecule has 0 atom stereocenters. The average molecular weight is 473 g/mol. The highest BCUT2D eigenvalue weighted by molar-refractivity contribution is 6.36. The first-order chi connectivity index (χ1) is 15.2. The number of hydrogen-bond acceptors (Lipinski definition) is 4. The first-order valence-electron chi connectivity index (χ1n) is 10.7. The second-order valence-corrected chi connectivity index (χ2v) is 8.45. The molecule has 0 spiro atoms. The Morgan fingerprint density at radius 3 is 2.56 bits per heavy atom. The zero-order valence-electron chi connectivity index (χ0n) is 17.6. The molecule has 0 aromatic carbocycles. The monoisotopic (exact) mass is 472 g/mol. The largest absolute Gasteiger partial charge is 0.494 e. The third-order valence-electron chi connectivity index (χ3n) is 6.01. The SMILES string of the molecule is CCOc1cc(C(F)(F)F)n2nc(C(=O)N3CCN(C4CCCCC4)C(=O)C3)c(Cl)c2c1. The second kappa shape index (κ2) is 8.80. The van der Waals surface area contributed by atoms with Crippen molar-refractivity contribution in [1.29, 1.82) is 0 Å².